The van der Waals surface area contributed by atoms with Crippen LogP contribution < -0.4 is 11.2 Å². The Morgan fingerprint density at radius 1 is 1.07 bits per heavy atom. The van der Waals surface area contributed by atoms with Gasteiger partial charge in [-0.2, -0.15) is 0 Å². The molecule has 0 aliphatic heterocycles. The van der Waals surface area contributed by atoms with E-state index < -0.39 is 28.7 Å². The first-order valence-corrected chi connectivity index (χ1v) is 8.53. The third-order valence-electron chi connectivity index (χ3n) is 4.21. The Bertz CT molecular complexity index is 1160. The van der Waals surface area contributed by atoms with Crippen molar-refractivity contribution < 1.29 is 14.5 Å². The van der Waals surface area contributed by atoms with Gasteiger partial charge in [0.1, 0.15) is 6.54 Å². The van der Waals surface area contributed by atoms with Crippen molar-refractivity contribution in [2.45, 2.75) is 20.0 Å². The monoisotopic (exact) mass is 383 g/mol. The maximum Gasteiger partial charge on any atom is 0.332 e. The van der Waals surface area contributed by atoms with Gasteiger partial charge in [-0.15, -0.1) is 0 Å². The normalized spacial score (nSPS) is 10.8. The molecule has 1 heterocycles. The molecule has 1 aromatic heterocycles. The van der Waals surface area contributed by atoms with Crippen LogP contribution in [-0.4, -0.2) is 26.6 Å². The average Bonchev–Trinajstić information content (AvgIpc) is 2.69. The molecule has 3 aromatic rings. The summed E-state index contributed by atoms with van der Waals surface area (Å²) in [5.74, 6) is -0.682. The first-order chi connectivity index (χ1) is 13.4. The molecular weight excluding hydrogens is 366 g/mol. The molecule has 0 spiro atoms. The van der Waals surface area contributed by atoms with Crippen LogP contribution in [0.3, 0.4) is 0 Å². The highest BCUT2D eigenvalue weighted by molar-refractivity contribution is 5.78. The summed E-state index contributed by atoms with van der Waals surface area (Å²) in [6.07, 6.45) is 0. The predicted molar refractivity (Wildman–Crippen MR) is 101 cm³/mol. The van der Waals surface area contributed by atoms with Crippen molar-refractivity contribution >= 4 is 22.6 Å². The van der Waals surface area contributed by atoms with Crippen molar-refractivity contribution in [2.75, 3.05) is 6.61 Å². The minimum atomic E-state index is -0.682. The minimum absolute atomic E-state index is 0.0618. The van der Waals surface area contributed by atoms with E-state index in [1.807, 2.05) is 0 Å². The van der Waals surface area contributed by atoms with Crippen LogP contribution in [0.4, 0.5) is 5.69 Å². The van der Waals surface area contributed by atoms with Crippen LogP contribution in [0, 0.1) is 10.1 Å². The van der Waals surface area contributed by atoms with Crippen LogP contribution in [0.5, 0.6) is 0 Å². The molecule has 144 valence electrons. The summed E-state index contributed by atoms with van der Waals surface area (Å²) in [6.45, 7) is 1.36. The highest BCUT2D eigenvalue weighted by Gasteiger charge is 2.16. The van der Waals surface area contributed by atoms with Crippen molar-refractivity contribution in [2.24, 2.45) is 0 Å². The molecule has 0 N–H and O–H groups in total. The fourth-order valence-corrected chi connectivity index (χ4v) is 2.90. The number of nitro groups is 1. The molecule has 9 heteroatoms. The van der Waals surface area contributed by atoms with Gasteiger partial charge in [-0.25, -0.2) is 9.36 Å². The average molecular weight is 383 g/mol. The zero-order chi connectivity index (χ0) is 20.3. The molecule has 0 atom stereocenters. The number of hydrogen-bond donors (Lipinski definition) is 0. The van der Waals surface area contributed by atoms with Gasteiger partial charge in [-0.1, -0.05) is 24.3 Å². The fourth-order valence-electron chi connectivity index (χ4n) is 2.90. The lowest BCUT2D eigenvalue weighted by Gasteiger charge is -2.14. The van der Waals surface area contributed by atoms with Gasteiger partial charge in [-0.3, -0.25) is 24.3 Å². The van der Waals surface area contributed by atoms with Crippen molar-refractivity contribution in [3.63, 3.8) is 0 Å². The van der Waals surface area contributed by atoms with E-state index in [9.17, 15) is 24.5 Å². The van der Waals surface area contributed by atoms with E-state index in [-0.39, 0.29) is 24.2 Å². The summed E-state index contributed by atoms with van der Waals surface area (Å²) < 4.78 is 7.05. The Balaban J connectivity index is 2.12. The van der Waals surface area contributed by atoms with Crippen LogP contribution in [0.25, 0.3) is 10.9 Å². The zero-order valence-corrected chi connectivity index (χ0v) is 15.0. The SMILES string of the molecule is CCOC(=O)Cn1c(=O)c2ccccc2n(Cc2ccc([N+](=O)[O-])cc2)c1=O. The van der Waals surface area contributed by atoms with Crippen LogP contribution in [0.15, 0.2) is 58.1 Å². The van der Waals surface area contributed by atoms with Crippen molar-refractivity contribution in [1.29, 1.82) is 0 Å². The fraction of sp³-hybridized carbons (Fsp3) is 0.211. The molecule has 2 aromatic carbocycles. The summed E-state index contributed by atoms with van der Waals surface area (Å²) in [4.78, 5) is 47.7. The Kier molecular flexibility index (Phi) is 5.35. The van der Waals surface area contributed by atoms with Gasteiger partial charge in [0.2, 0.25) is 0 Å². The molecule has 3 rings (SSSR count). The number of esters is 1. The number of ether oxygens (including phenoxy) is 1. The topological polar surface area (TPSA) is 113 Å². The Morgan fingerprint density at radius 2 is 1.75 bits per heavy atom. The maximum atomic E-state index is 12.9. The second kappa shape index (κ2) is 7.87. The smallest absolute Gasteiger partial charge is 0.332 e. The minimum Gasteiger partial charge on any atom is -0.465 e. The highest BCUT2D eigenvalue weighted by Crippen LogP contribution is 2.14. The maximum absolute atomic E-state index is 12.9. The first kappa shape index (κ1) is 19.0. The number of para-hydroxylation sites is 1. The van der Waals surface area contributed by atoms with Crippen molar-refractivity contribution in [1.82, 2.24) is 9.13 Å². The number of benzene rings is 2. The van der Waals surface area contributed by atoms with E-state index in [2.05, 4.69) is 0 Å². The number of fused-ring (bicyclic) bond motifs is 1. The number of carbonyl (C=O) groups excluding carboxylic acids is 1. The first-order valence-electron chi connectivity index (χ1n) is 8.53. The second-order valence-electron chi connectivity index (χ2n) is 6.01. The second-order valence-corrected chi connectivity index (χ2v) is 6.01. The molecule has 0 fully saturated rings. The van der Waals surface area contributed by atoms with E-state index in [0.29, 0.717) is 11.1 Å². The quantitative estimate of drug-likeness (QED) is 0.364. The summed E-state index contributed by atoms with van der Waals surface area (Å²) in [7, 11) is 0. The van der Waals surface area contributed by atoms with E-state index >= 15 is 0 Å². The number of aromatic nitrogens is 2. The van der Waals surface area contributed by atoms with Crippen LogP contribution in [0.2, 0.25) is 0 Å². The van der Waals surface area contributed by atoms with Gasteiger partial charge in [-0.05, 0) is 24.6 Å². The number of nitro benzene ring substituents is 1. The third-order valence-corrected chi connectivity index (χ3v) is 4.21. The van der Waals surface area contributed by atoms with E-state index in [4.69, 9.17) is 4.74 Å². The molecule has 0 radical (unpaired) electrons. The van der Waals surface area contributed by atoms with Gasteiger partial charge < -0.3 is 4.74 Å². The molecule has 0 aliphatic rings. The van der Waals surface area contributed by atoms with Gasteiger partial charge in [0.25, 0.3) is 11.2 Å². The molecule has 0 amide bonds. The largest absolute Gasteiger partial charge is 0.465 e. The van der Waals surface area contributed by atoms with E-state index in [1.54, 1.807) is 43.3 Å². The third kappa shape index (κ3) is 3.68. The summed E-state index contributed by atoms with van der Waals surface area (Å²) in [5.41, 5.74) is -0.243. The molecule has 0 bridgehead atoms. The van der Waals surface area contributed by atoms with Crippen LogP contribution in [-0.2, 0) is 22.6 Å². The Morgan fingerprint density at radius 3 is 2.39 bits per heavy atom. The van der Waals surface area contributed by atoms with Gasteiger partial charge in [0.15, 0.2) is 0 Å². The van der Waals surface area contributed by atoms with E-state index in [0.717, 1.165) is 4.57 Å². The standard InChI is InChI=1S/C19H17N3O6/c1-2-28-17(23)12-21-18(24)15-5-3-4-6-16(15)20(19(21)25)11-13-7-9-14(10-8-13)22(26)27/h3-10H,2,11-12H2,1H3. The molecular formula is C19H17N3O6. The number of nitrogens with zero attached hydrogens (tertiary/aromatic N) is 3. The molecule has 0 aliphatic carbocycles. The number of hydrogen-bond acceptors (Lipinski definition) is 6. The number of non-ortho nitro benzene ring substituents is 1. The highest BCUT2D eigenvalue weighted by atomic mass is 16.6. The predicted octanol–water partition coefficient (Wildman–Crippen LogP) is 1.68. The summed E-state index contributed by atoms with van der Waals surface area (Å²) in [6, 6.07) is 12.3. The van der Waals surface area contributed by atoms with E-state index in [1.165, 1.54) is 16.7 Å². The van der Waals surface area contributed by atoms with Gasteiger partial charge in [0, 0.05) is 12.1 Å². The molecule has 28 heavy (non-hydrogen) atoms. The Labute approximate surface area is 158 Å². The van der Waals surface area contributed by atoms with Gasteiger partial charge in [0.05, 0.1) is 29.0 Å². The summed E-state index contributed by atoms with van der Waals surface area (Å²) >= 11 is 0. The van der Waals surface area contributed by atoms with Crippen molar-refractivity contribution in [3.05, 3.63) is 85.0 Å². The molecule has 0 saturated carbocycles. The molecule has 9 nitrogen and oxygen atoms in total. The van der Waals surface area contributed by atoms with Crippen LogP contribution >= 0.6 is 0 Å². The number of carbonyl (C=O) groups is 1. The lowest BCUT2D eigenvalue weighted by Crippen LogP contribution is -2.42. The summed E-state index contributed by atoms with van der Waals surface area (Å²) in [5, 5.41) is 11.1. The van der Waals surface area contributed by atoms with Crippen LogP contribution in [0.1, 0.15) is 12.5 Å². The lowest BCUT2D eigenvalue weighted by molar-refractivity contribution is -0.384. The number of rotatable bonds is 6. The lowest BCUT2D eigenvalue weighted by atomic mass is 10.2. The zero-order valence-electron chi connectivity index (χ0n) is 15.0. The Hall–Kier alpha value is -3.75. The molecule has 0 unspecified atom stereocenters. The van der Waals surface area contributed by atoms with Gasteiger partial charge >= 0.3 is 11.7 Å². The van der Waals surface area contributed by atoms with Crippen molar-refractivity contribution in [3.8, 4) is 0 Å². The molecule has 0 saturated heterocycles.